The average molecular weight is 365 g/mol. The largest absolute Gasteiger partial charge is 0.478 e. The van der Waals surface area contributed by atoms with Gasteiger partial charge in [0.15, 0.2) is 0 Å². The summed E-state index contributed by atoms with van der Waals surface area (Å²) < 4.78 is 20.2. The summed E-state index contributed by atoms with van der Waals surface area (Å²) in [4.78, 5) is 23.5. The number of carbonyl (C=O) groups excluding carboxylic acids is 1. The molecule has 5 nitrogen and oxygen atoms in total. The van der Waals surface area contributed by atoms with E-state index in [1.54, 1.807) is 6.07 Å². The van der Waals surface area contributed by atoms with Crippen molar-refractivity contribution in [2.24, 2.45) is 0 Å². The van der Waals surface area contributed by atoms with Crippen LogP contribution in [0.1, 0.15) is 19.3 Å². The van der Waals surface area contributed by atoms with Gasteiger partial charge in [-0.05, 0) is 49.6 Å². The Labute approximate surface area is 154 Å². The molecule has 0 fully saturated rings. The summed E-state index contributed by atoms with van der Waals surface area (Å²) in [6.07, 6.45) is 1.34. The molecule has 0 aliphatic heterocycles. The van der Waals surface area contributed by atoms with Crippen molar-refractivity contribution in [3.05, 3.63) is 65.5 Å². The zero-order valence-corrected chi connectivity index (χ0v) is 14.3. The molecule has 0 saturated heterocycles. The van der Waals surface area contributed by atoms with Gasteiger partial charge in [-0.2, -0.15) is 0 Å². The van der Waals surface area contributed by atoms with Crippen LogP contribution in [0, 0.1) is 5.82 Å². The minimum absolute atomic E-state index is 0.00370. The first kappa shape index (κ1) is 17.0. The Balaban J connectivity index is 1.59. The van der Waals surface area contributed by atoms with Crippen molar-refractivity contribution in [2.75, 3.05) is 5.32 Å². The van der Waals surface area contributed by atoms with Crippen LogP contribution >= 0.6 is 0 Å². The van der Waals surface area contributed by atoms with E-state index >= 15 is 0 Å². The average Bonchev–Trinajstić information content (AvgIpc) is 3.30. The Kier molecular flexibility index (Phi) is 4.24. The topological polar surface area (TPSA) is 79.5 Å². The van der Waals surface area contributed by atoms with E-state index in [0.29, 0.717) is 36.2 Å². The minimum Gasteiger partial charge on any atom is -0.478 e. The van der Waals surface area contributed by atoms with Gasteiger partial charge in [0, 0.05) is 22.1 Å². The predicted molar refractivity (Wildman–Crippen MR) is 98.8 cm³/mol. The number of carboxylic acid groups (broad SMARTS) is 1. The Bertz CT molecular complexity index is 1060. The highest BCUT2D eigenvalue weighted by molar-refractivity contribution is 6.09. The molecule has 1 aliphatic rings. The molecule has 2 aromatic carbocycles. The lowest BCUT2D eigenvalue weighted by Gasteiger charge is -2.09. The van der Waals surface area contributed by atoms with Crippen LogP contribution in [0.2, 0.25) is 0 Å². The van der Waals surface area contributed by atoms with E-state index in [-0.39, 0.29) is 16.8 Å². The standard InChI is InChI=1S/C21H16FNO4/c22-16-10-13(19-11-12-4-1-2-7-18(12)27-19)8-9-17(16)23-20(24)14-5-3-6-15(14)21(25)26/h1-2,4,7-11H,3,5-6H2,(H,23,24)(H,25,26). The molecule has 1 aliphatic carbocycles. The number of para-hydroxylation sites is 1. The van der Waals surface area contributed by atoms with Gasteiger partial charge >= 0.3 is 5.97 Å². The van der Waals surface area contributed by atoms with Crippen LogP contribution in [0.5, 0.6) is 0 Å². The Morgan fingerprint density at radius 2 is 1.81 bits per heavy atom. The van der Waals surface area contributed by atoms with E-state index < -0.39 is 17.7 Å². The van der Waals surface area contributed by atoms with E-state index in [1.807, 2.05) is 30.3 Å². The Morgan fingerprint density at radius 3 is 2.56 bits per heavy atom. The quantitative estimate of drug-likeness (QED) is 0.700. The molecule has 1 heterocycles. The number of hydrogen-bond acceptors (Lipinski definition) is 3. The van der Waals surface area contributed by atoms with Crippen LogP contribution in [0.25, 0.3) is 22.3 Å². The molecule has 136 valence electrons. The second-order valence-electron chi connectivity index (χ2n) is 6.41. The van der Waals surface area contributed by atoms with Crippen LogP contribution < -0.4 is 5.32 Å². The Hall–Kier alpha value is -3.41. The SMILES string of the molecule is O=C(O)C1=C(C(=O)Nc2ccc(-c3cc4ccccc4o3)cc2F)CCC1. The first-order valence-corrected chi connectivity index (χ1v) is 8.58. The molecular weight excluding hydrogens is 349 g/mol. The van der Waals surface area contributed by atoms with Crippen LogP contribution in [-0.2, 0) is 9.59 Å². The molecule has 0 bridgehead atoms. The van der Waals surface area contributed by atoms with Crippen molar-refractivity contribution in [1.29, 1.82) is 0 Å². The normalized spacial score (nSPS) is 14.0. The number of carboxylic acids is 1. The maximum Gasteiger partial charge on any atom is 0.332 e. The van der Waals surface area contributed by atoms with E-state index in [2.05, 4.69) is 5.32 Å². The molecule has 2 N–H and O–H groups in total. The number of hydrogen-bond donors (Lipinski definition) is 2. The molecule has 1 amide bonds. The minimum atomic E-state index is -1.10. The number of aliphatic carboxylic acids is 1. The third-order valence-electron chi connectivity index (χ3n) is 4.68. The molecular formula is C21H16FNO4. The van der Waals surface area contributed by atoms with Gasteiger partial charge in [0.2, 0.25) is 0 Å². The van der Waals surface area contributed by atoms with Crippen molar-refractivity contribution >= 4 is 28.5 Å². The van der Waals surface area contributed by atoms with Gasteiger partial charge in [-0.3, -0.25) is 4.79 Å². The van der Waals surface area contributed by atoms with Gasteiger partial charge in [-0.15, -0.1) is 0 Å². The monoisotopic (exact) mass is 365 g/mol. The zero-order valence-electron chi connectivity index (χ0n) is 14.3. The highest BCUT2D eigenvalue weighted by atomic mass is 19.1. The summed E-state index contributed by atoms with van der Waals surface area (Å²) in [5.41, 5.74) is 1.58. The summed E-state index contributed by atoms with van der Waals surface area (Å²) in [7, 11) is 0. The van der Waals surface area contributed by atoms with Crippen molar-refractivity contribution in [1.82, 2.24) is 0 Å². The number of amides is 1. The van der Waals surface area contributed by atoms with Gasteiger partial charge in [0.1, 0.15) is 17.2 Å². The third kappa shape index (κ3) is 3.21. The Morgan fingerprint density at radius 1 is 1.04 bits per heavy atom. The highest BCUT2D eigenvalue weighted by Gasteiger charge is 2.25. The fourth-order valence-corrected chi connectivity index (χ4v) is 3.32. The number of furan rings is 1. The summed E-state index contributed by atoms with van der Waals surface area (Å²) >= 11 is 0. The van der Waals surface area contributed by atoms with E-state index in [4.69, 9.17) is 9.52 Å². The number of fused-ring (bicyclic) bond motifs is 1. The number of benzene rings is 2. The molecule has 3 aromatic rings. The molecule has 0 atom stereocenters. The summed E-state index contributed by atoms with van der Waals surface area (Å²) in [5.74, 6) is -1.75. The number of anilines is 1. The van der Waals surface area contributed by atoms with Crippen LogP contribution in [0.4, 0.5) is 10.1 Å². The third-order valence-corrected chi connectivity index (χ3v) is 4.68. The predicted octanol–water partition coefficient (Wildman–Crippen LogP) is 4.74. The van der Waals surface area contributed by atoms with Gasteiger partial charge in [-0.1, -0.05) is 18.2 Å². The van der Waals surface area contributed by atoms with E-state index in [1.165, 1.54) is 12.1 Å². The van der Waals surface area contributed by atoms with Crippen LogP contribution in [0.15, 0.2) is 64.1 Å². The van der Waals surface area contributed by atoms with Gasteiger partial charge in [0.05, 0.1) is 5.69 Å². The molecule has 0 saturated carbocycles. The lowest BCUT2D eigenvalue weighted by molar-refractivity contribution is -0.133. The summed E-state index contributed by atoms with van der Waals surface area (Å²) in [6.45, 7) is 0. The zero-order chi connectivity index (χ0) is 19.0. The van der Waals surface area contributed by atoms with E-state index in [9.17, 15) is 14.0 Å². The van der Waals surface area contributed by atoms with Crippen molar-refractivity contribution < 1.29 is 23.5 Å². The molecule has 4 rings (SSSR count). The lowest BCUT2D eigenvalue weighted by atomic mass is 10.1. The maximum absolute atomic E-state index is 14.5. The molecule has 0 unspecified atom stereocenters. The van der Waals surface area contributed by atoms with Crippen LogP contribution in [0.3, 0.4) is 0 Å². The number of nitrogens with one attached hydrogen (secondary N) is 1. The van der Waals surface area contributed by atoms with Crippen molar-refractivity contribution in [3.8, 4) is 11.3 Å². The first-order chi connectivity index (χ1) is 13.0. The molecule has 0 spiro atoms. The molecule has 1 aromatic heterocycles. The summed E-state index contributed by atoms with van der Waals surface area (Å²) in [6, 6.07) is 13.7. The van der Waals surface area contributed by atoms with Crippen molar-refractivity contribution in [3.63, 3.8) is 0 Å². The molecule has 27 heavy (non-hydrogen) atoms. The molecule has 0 radical (unpaired) electrons. The lowest BCUT2D eigenvalue weighted by Crippen LogP contribution is -2.17. The van der Waals surface area contributed by atoms with Gasteiger partial charge in [-0.25, -0.2) is 9.18 Å². The molecule has 6 heteroatoms. The first-order valence-electron chi connectivity index (χ1n) is 8.58. The number of carbonyl (C=O) groups is 2. The number of halogens is 1. The second kappa shape index (κ2) is 6.72. The second-order valence-corrected chi connectivity index (χ2v) is 6.41. The van der Waals surface area contributed by atoms with Gasteiger partial charge in [0.25, 0.3) is 5.91 Å². The number of rotatable bonds is 4. The highest BCUT2D eigenvalue weighted by Crippen LogP contribution is 2.31. The van der Waals surface area contributed by atoms with E-state index in [0.717, 1.165) is 5.39 Å². The smallest absolute Gasteiger partial charge is 0.332 e. The van der Waals surface area contributed by atoms with Crippen LogP contribution in [-0.4, -0.2) is 17.0 Å². The fourth-order valence-electron chi connectivity index (χ4n) is 3.32. The van der Waals surface area contributed by atoms with Crippen molar-refractivity contribution in [2.45, 2.75) is 19.3 Å². The fraction of sp³-hybridized carbons (Fsp3) is 0.143. The summed E-state index contributed by atoms with van der Waals surface area (Å²) in [5, 5.41) is 12.5. The van der Waals surface area contributed by atoms with Gasteiger partial charge < -0.3 is 14.8 Å². The maximum atomic E-state index is 14.5.